The number of hydrogen-bond donors (Lipinski definition) is 1. The minimum absolute atomic E-state index is 0.0845. The average Bonchev–Trinajstić information content (AvgIpc) is 2.05. The Kier molecular flexibility index (Phi) is 2.22. The summed E-state index contributed by atoms with van der Waals surface area (Å²) < 4.78 is 21.9. The maximum absolute atomic E-state index is 11.0. The highest BCUT2D eigenvalue weighted by Gasteiger charge is 2.37. The van der Waals surface area contributed by atoms with E-state index in [4.69, 9.17) is 0 Å². The predicted octanol–water partition coefficient (Wildman–Crippen LogP) is -1.29. The van der Waals surface area contributed by atoms with Gasteiger partial charge in [-0.1, -0.05) is 0 Å². The molecule has 0 radical (unpaired) electrons. The van der Waals surface area contributed by atoms with Crippen LogP contribution in [0.1, 0.15) is 0 Å². The van der Waals surface area contributed by atoms with Crippen molar-refractivity contribution in [3.05, 3.63) is 0 Å². The van der Waals surface area contributed by atoms with Gasteiger partial charge in [-0.3, -0.25) is 0 Å². The van der Waals surface area contributed by atoms with Crippen LogP contribution in [0, 0.1) is 0 Å². The highest BCUT2D eigenvalue weighted by molar-refractivity contribution is 7.91. The van der Waals surface area contributed by atoms with Crippen molar-refractivity contribution in [1.82, 2.24) is 4.90 Å². The number of rotatable bonds is 1. The van der Waals surface area contributed by atoms with Crippen LogP contribution in [0.25, 0.3) is 0 Å². The van der Waals surface area contributed by atoms with E-state index >= 15 is 0 Å². The molecule has 66 valence electrons. The predicted molar refractivity (Wildman–Crippen MR) is 42.1 cm³/mol. The van der Waals surface area contributed by atoms with E-state index in [9.17, 15) is 13.5 Å². The molecule has 1 saturated heterocycles. The summed E-state index contributed by atoms with van der Waals surface area (Å²) in [6.45, 7) is 0. The molecule has 0 bridgehead atoms. The van der Waals surface area contributed by atoms with Gasteiger partial charge in [0.1, 0.15) is 0 Å². The van der Waals surface area contributed by atoms with Crippen molar-refractivity contribution in [2.75, 3.05) is 25.6 Å². The summed E-state index contributed by atoms with van der Waals surface area (Å²) in [7, 11) is 0.564. The summed E-state index contributed by atoms with van der Waals surface area (Å²) in [4.78, 5) is 1.75. The van der Waals surface area contributed by atoms with E-state index in [1.807, 2.05) is 0 Å². The van der Waals surface area contributed by atoms with Crippen LogP contribution in [0.5, 0.6) is 0 Å². The van der Waals surface area contributed by atoms with Crippen molar-refractivity contribution in [3.8, 4) is 0 Å². The Balaban J connectivity index is 2.75. The zero-order valence-corrected chi connectivity index (χ0v) is 7.50. The van der Waals surface area contributed by atoms with E-state index in [1.54, 1.807) is 19.0 Å². The highest BCUT2D eigenvalue weighted by atomic mass is 32.2. The summed E-state index contributed by atoms with van der Waals surface area (Å²) in [6, 6.07) is -0.222. The topological polar surface area (TPSA) is 57.6 Å². The summed E-state index contributed by atoms with van der Waals surface area (Å²) in [6.07, 6.45) is -0.713. The van der Waals surface area contributed by atoms with Gasteiger partial charge in [0.25, 0.3) is 0 Å². The Hall–Kier alpha value is -0.130. The minimum atomic E-state index is -2.98. The van der Waals surface area contributed by atoms with E-state index in [2.05, 4.69) is 0 Å². The lowest BCUT2D eigenvalue weighted by Crippen LogP contribution is -2.37. The van der Waals surface area contributed by atoms with Crippen molar-refractivity contribution >= 4 is 9.84 Å². The molecule has 1 N–H and O–H groups in total. The van der Waals surface area contributed by atoms with Crippen LogP contribution < -0.4 is 0 Å². The molecule has 5 heteroatoms. The van der Waals surface area contributed by atoms with Crippen LogP contribution in [0.4, 0.5) is 0 Å². The van der Waals surface area contributed by atoms with Crippen molar-refractivity contribution in [1.29, 1.82) is 0 Å². The largest absolute Gasteiger partial charge is 0.390 e. The van der Waals surface area contributed by atoms with Crippen LogP contribution in [0.3, 0.4) is 0 Å². The second-order valence-corrected chi connectivity index (χ2v) is 5.33. The van der Waals surface area contributed by atoms with E-state index in [-0.39, 0.29) is 17.5 Å². The molecule has 0 unspecified atom stereocenters. The maximum atomic E-state index is 11.0. The smallest absolute Gasteiger partial charge is 0.154 e. The van der Waals surface area contributed by atoms with Crippen LogP contribution in [-0.2, 0) is 9.84 Å². The summed E-state index contributed by atoms with van der Waals surface area (Å²) in [5.41, 5.74) is 0. The van der Waals surface area contributed by atoms with E-state index in [1.165, 1.54) is 0 Å². The minimum Gasteiger partial charge on any atom is -0.390 e. The fourth-order valence-corrected chi connectivity index (χ4v) is 3.22. The first kappa shape index (κ1) is 8.96. The molecule has 1 aliphatic rings. The van der Waals surface area contributed by atoms with Crippen molar-refractivity contribution in [2.45, 2.75) is 12.1 Å². The quantitative estimate of drug-likeness (QED) is 0.544. The Morgan fingerprint density at radius 3 is 2.09 bits per heavy atom. The second kappa shape index (κ2) is 2.73. The molecule has 2 atom stereocenters. The van der Waals surface area contributed by atoms with Crippen molar-refractivity contribution in [2.24, 2.45) is 0 Å². The molecule has 1 fully saturated rings. The lowest BCUT2D eigenvalue weighted by Gasteiger charge is -2.20. The number of aliphatic hydroxyl groups is 1. The number of hydrogen-bond acceptors (Lipinski definition) is 4. The van der Waals surface area contributed by atoms with Crippen LogP contribution >= 0.6 is 0 Å². The fraction of sp³-hybridized carbons (Fsp3) is 1.00. The van der Waals surface area contributed by atoms with Gasteiger partial charge in [-0.25, -0.2) is 8.42 Å². The van der Waals surface area contributed by atoms with Crippen LogP contribution in [0.2, 0.25) is 0 Å². The first-order valence-corrected chi connectivity index (χ1v) is 5.29. The number of nitrogens with zero attached hydrogens (tertiary/aromatic N) is 1. The third kappa shape index (κ3) is 1.91. The molecule has 0 spiro atoms. The molecular weight excluding hydrogens is 166 g/mol. The Morgan fingerprint density at radius 2 is 1.91 bits per heavy atom. The SMILES string of the molecule is CN(C)[C@@H]1CS(=O)(=O)C[C@@H]1O. The van der Waals surface area contributed by atoms with Gasteiger partial charge >= 0.3 is 0 Å². The van der Waals surface area contributed by atoms with Crippen LogP contribution in [0.15, 0.2) is 0 Å². The first-order valence-electron chi connectivity index (χ1n) is 3.47. The molecule has 0 aromatic carbocycles. The van der Waals surface area contributed by atoms with E-state index in [0.29, 0.717) is 0 Å². The fourth-order valence-electron chi connectivity index (χ4n) is 1.30. The monoisotopic (exact) mass is 179 g/mol. The first-order chi connectivity index (χ1) is 4.92. The van der Waals surface area contributed by atoms with Crippen LogP contribution in [-0.4, -0.2) is 56.2 Å². The Labute approximate surface area is 66.7 Å². The van der Waals surface area contributed by atoms with Gasteiger partial charge in [-0.15, -0.1) is 0 Å². The number of likely N-dealkylation sites (N-methyl/N-ethyl adjacent to an activating group) is 1. The molecule has 1 heterocycles. The summed E-state index contributed by atoms with van der Waals surface area (Å²) in [5, 5.41) is 9.27. The molecule has 0 aliphatic carbocycles. The van der Waals surface area contributed by atoms with E-state index < -0.39 is 15.9 Å². The standard InChI is InChI=1S/C6H13NO3S/c1-7(2)5-3-11(9,10)4-6(5)8/h5-6,8H,3-4H2,1-2H3/t5-,6+/m1/s1. The normalized spacial score (nSPS) is 36.4. The lowest BCUT2D eigenvalue weighted by atomic mass is 10.2. The van der Waals surface area contributed by atoms with Gasteiger partial charge in [0.2, 0.25) is 0 Å². The lowest BCUT2D eigenvalue weighted by molar-refractivity contribution is 0.115. The average molecular weight is 179 g/mol. The molecular formula is C6H13NO3S. The van der Waals surface area contributed by atoms with Gasteiger partial charge < -0.3 is 10.0 Å². The molecule has 11 heavy (non-hydrogen) atoms. The number of aliphatic hydroxyl groups excluding tert-OH is 1. The third-order valence-corrected chi connectivity index (χ3v) is 3.66. The molecule has 1 rings (SSSR count). The van der Waals surface area contributed by atoms with Gasteiger partial charge in [0, 0.05) is 6.04 Å². The highest BCUT2D eigenvalue weighted by Crippen LogP contribution is 2.15. The second-order valence-electron chi connectivity index (χ2n) is 3.18. The Bertz CT molecular complexity index is 234. The summed E-state index contributed by atoms with van der Waals surface area (Å²) >= 11 is 0. The molecule has 0 saturated carbocycles. The van der Waals surface area contributed by atoms with Gasteiger partial charge in [0.15, 0.2) is 9.84 Å². The molecule has 1 aliphatic heterocycles. The molecule has 0 aromatic heterocycles. The number of sulfone groups is 1. The van der Waals surface area contributed by atoms with Gasteiger partial charge in [-0.05, 0) is 14.1 Å². The molecule has 4 nitrogen and oxygen atoms in total. The van der Waals surface area contributed by atoms with Crippen molar-refractivity contribution < 1.29 is 13.5 Å². The third-order valence-electron chi connectivity index (χ3n) is 1.96. The summed E-state index contributed by atoms with van der Waals surface area (Å²) in [5.74, 6) is -0.00296. The van der Waals surface area contributed by atoms with Crippen molar-refractivity contribution in [3.63, 3.8) is 0 Å². The Morgan fingerprint density at radius 1 is 1.36 bits per heavy atom. The molecule has 0 amide bonds. The zero-order valence-electron chi connectivity index (χ0n) is 6.69. The zero-order chi connectivity index (χ0) is 8.65. The maximum Gasteiger partial charge on any atom is 0.154 e. The van der Waals surface area contributed by atoms with Gasteiger partial charge in [0.05, 0.1) is 17.6 Å². The van der Waals surface area contributed by atoms with E-state index in [0.717, 1.165) is 0 Å². The van der Waals surface area contributed by atoms with Gasteiger partial charge in [-0.2, -0.15) is 0 Å². The molecule has 0 aromatic rings.